The van der Waals surface area contributed by atoms with Crippen LogP contribution >= 0.6 is 0 Å². The van der Waals surface area contributed by atoms with E-state index in [4.69, 9.17) is 0 Å². The Morgan fingerprint density at radius 1 is 1.00 bits per heavy atom. The van der Waals surface area contributed by atoms with Gasteiger partial charge in [-0.3, -0.25) is 0 Å². The molecule has 0 atom stereocenters. The summed E-state index contributed by atoms with van der Waals surface area (Å²) in [5, 5.41) is 0. The lowest BCUT2D eigenvalue weighted by molar-refractivity contribution is 0.418. The zero-order valence-corrected chi connectivity index (χ0v) is 11.9. The van der Waals surface area contributed by atoms with E-state index in [9.17, 15) is 13.2 Å². The quantitative estimate of drug-likeness (QED) is 0.656. The molecular weight excluding hydrogens is 273 g/mol. The third-order valence-electron chi connectivity index (χ3n) is 3.36. The van der Waals surface area contributed by atoms with Gasteiger partial charge in [0, 0.05) is 0 Å². The van der Waals surface area contributed by atoms with Crippen LogP contribution in [-0.4, -0.2) is 0 Å². The number of hydrogen-bond donors (Lipinski definition) is 0. The minimum Gasteiger partial charge on any atom is -0.207 e. The monoisotopic (exact) mass is 290 g/mol. The molecule has 2 aromatic carbocycles. The summed E-state index contributed by atoms with van der Waals surface area (Å²) in [5.41, 5.74) is 3.20. The molecule has 0 radical (unpaired) electrons. The van der Waals surface area contributed by atoms with Crippen molar-refractivity contribution in [2.24, 2.45) is 0 Å². The lowest BCUT2D eigenvalue weighted by Crippen LogP contribution is -1.90. The molecule has 110 valence electrons. The Bertz CT molecular complexity index is 623. The third-order valence-corrected chi connectivity index (χ3v) is 3.36. The number of aryl methyl sites for hydroxylation is 1. The molecule has 0 unspecified atom stereocenters. The lowest BCUT2D eigenvalue weighted by atomic mass is 10.00. The first-order valence-corrected chi connectivity index (χ1v) is 6.99. The Labute approximate surface area is 122 Å². The van der Waals surface area contributed by atoms with Crippen molar-refractivity contribution in [2.45, 2.75) is 26.2 Å². The Balaban J connectivity index is 2.21. The van der Waals surface area contributed by atoms with Crippen molar-refractivity contribution >= 4 is 0 Å². The van der Waals surface area contributed by atoms with Gasteiger partial charge in [-0.2, -0.15) is 8.78 Å². The fourth-order valence-corrected chi connectivity index (χ4v) is 2.23. The molecule has 0 aliphatic rings. The molecule has 21 heavy (non-hydrogen) atoms. The van der Waals surface area contributed by atoms with Gasteiger partial charge in [0.25, 0.3) is 6.08 Å². The van der Waals surface area contributed by atoms with Crippen molar-refractivity contribution in [1.82, 2.24) is 0 Å². The SMILES string of the molecule is CCCc1ccc(-c2ccc(CC=C(F)F)c(F)c2)cc1. The van der Waals surface area contributed by atoms with Crippen LogP contribution in [0.3, 0.4) is 0 Å². The molecule has 0 bridgehead atoms. The van der Waals surface area contributed by atoms with Crippen LogP contribution in [0, 0.1) is 5.82 Å². The summed E-state index contributed by atoms with van der Waals surface area (Å²) < 4.78 is 38.0. The molecule has 0 aliphatic carbocycles. The number of benzene rings is 2. The van der Waals surface area contributed by atoms with E-state index < -0.39 is 11.9 Å². The highest BCUT2D eigenvalue weighted by Crippen LogP contribution is 2.23. The molecule has 0 spiro atoms. The van der Waals surface area contributed by atoms with Gasteiger partial charge in [-0.1, -0.05) is 49.7 Å². The van der Waals surface area contributed by atoms with Gasteiger partial charge in [0.15, 0.2) is 0 Å². The number of hydrogen-bond acceptors (Lipinski definition) is 0. The van der Waals surface area contributed by atoms with Crippen molar-refractivity contribution in [2.75, 3.05) is 0 Å². The normalized spacial score (nSPS) is 10.5. The molecule has 0 nitrogen and oxygen atoms in total. The standard InChI is InChI=1S/C18H17F3/c1-2-3-13-4-6-14(7-5-13)16-9-8-15(17(19)12-16)10-11-18(20)21/h4-9,11-12H,2-3,10H2,1H3. The average Bonchev–Trinajstić information content (AvgIpc) is 2.47. The fraction of sp³-hybridized carbons (Fsp3) is 0.222. The Kier molecular flexibility index (Phi) is 5.20. The van der Waals surface area contributed by atoms with E-state index >= 15 is 0 Å². The highest BCUT2D eigenvalue weighted by molar-refractivity contribution is 5.64. The summed E-state index contributed by atoms with van der Waals surface area (Å²) in [5.74, 6) is -0.456. The summed E-state index contributed by atoms with van der Waals surface area (Å²) in [6.45, 7) is 2.12. The highest BCUT2D eigenvalue weighted by atomic mass is 19.3. The Hall–Kier alpha value is -2.03. The van der Waals surface area contributed by atoms with Crippen molar-refractivity contribution < 1.29 is 13.2 Å². The first-order chi connectivity index (χ1) is 10.1. The van der Waals surface area contributed by atoms with E-state index in [1.807, 2.05) is 24.3 Å². The van der Waals surface area contributed by atoms with Crippen molar-refractivity contribution in [3.63, 3.8) is 0 Å². The maximum Gasteiger partial charge on any atom is 0.266 e. The molecule has 0 fully saturated rings. The molecule has 0 amide bonds. The van der Waals surface area contributed by atoms with E-state index in [2.05, 4.69) is 6.92 Å². The first-order valence-electron chi connectivity index (χ1n) is 6.99. The van der Waals surface area contributed by atoms with Crippen LogP contribution < -0.4 is 0 Å². The van der Waals surface area contributed by atoms with Crippen LogP contribution in [0.4, 0.5) is 13.2 Å². The van der Waals surface area contributed by atoms with Crippen LogP contribution in [0.5, 0.6) is 0 Å². The second-order valence-electron chi connectivity index (χ2n) is 4.95. The van der Waals surface area contributed by atoms with E-state index in [-0.39, 0.29) is 12.0 Å². The van der Waals surface area contributed by atoms with Crippen molar-refractivity contribution in [3.05, 3.63) is 71.6 Å². The number of halogens is 3. The molecule has 0 N–H and O–H groups in total. The maximum atomic E-state index is 13.9. The zero-order valence-electron chi connectivity index (χ0n) is 11.9. The van der Waals surface area contributed by atoms with Gasteiger partial charge in [-0.05, 0) is 47.2 Å². The molecular formula is C18H17F3. The van der Waals surface area contributed by atoms with Crippen LogP contribution in [-0.2, 0) is 12.8 Å². The molecule has 2 aromatic rings. The van der Waals surface area contributed by atoms with Crippen LogP contribution in [0.25, 0.3) is 11.1 Å². The third kappa shape index (κ3) is 4.22. The zero-order chi connectivity index (χ0) is 15.2. The molecule has 0 aromatic heterocycles. The van der Waals surface area contributed by atoms with Gasteiger partial charge >= 0.3 is 0 Å². The van der Waals surface area contributed by atoms with Crippen LogP contribution in [0.2, 0.25) is 0 Å². The Morgan fingerprint density at radius 2 is 1.67 bits per heavy atom. The average molecular weight is 290 g/mol. The second kappa shape index (κ2) is 7.11. The van der Waals surface area contributed by atoms with Crippen LogP contribution in [0.1, 0.15) is 24.5 Å². The summed E-state index contributed by atoms with van der Waals surface area (Å²) in [7, 11) is 0. The van der Waals surface area contributed by atoms with Gasteiger partial charge < -0.3 is 0 Å². The van der Waals surface area contributed by atoms with E-state index in [0.29, 0.717) is 0 Å². The van der Waals surface area contributed by atoms with E-state index in [1.165, 1.54) is 11.6 Å². The first kappa shape index (κ1) is 15.4. The molecule has 0 saturated carbocycles. The molecule has 0 saturated heterocycles. The summed E-state index contributed by atoms with van der Waals surface area (Å²) in [6, 6.07) is 12.7. The number of allylic oxidation sites excluding steroid dienone is 1. The van der Waals surface area contributed by atoms with Crippen molar-refractivity contribution in [3.8, 4) is 11.1 Å². The second-order valence-corrected chi connectivity index (χ2v) is 4.95. The van der Waals surface area contributed by atoms with Gasteiger partial charge in [0.1, 0.15) is 5.82 Å². The number of rotatable bonds is 5. The van der Waals surface area contributed by atoms with Gasteiger partial charge in [0.2, 0.25) is 0 Å². The smallest absolute Gasteiger partial charge is 0.207 e. The fourth-order valence-electron chi connectivity index (χ4n) is 2.23. The summed E-state index contributed by atoms with van der Waals surface area (Å²) >= 11 is 0. The highest BCUT2D eigenvalue weighted by Gasteiger charge is 2.05. The van der Waals surface area contributed by atoms with Crippen LogP contribution in [0.15, 0.2) is 54.6 Å². The van der Waals surface area contributed by atoms with Gasteiger partial charge in [-0.15, -0.1) is 0 Å². The van der Waals surface area contributed by atoms with Crippen molar-refractivity contribution in [1.29, 1.82) is 0 Å². The lowest BCUT2D eigenvalue weighted by Gasteiger charge is -2.06. The molecule has 0 aliphatic heterocycles. The van der Waals surface area contributed by atoms with E-state index in [0.717, 1.165) is 30.0 Å². The maximum absolute atomic E-state index is 13.9. The Morgan fingerprint density at radius 3 is 2.24 bits per heavy atom. The topological polar surface area (TPSA) is 0 Å². The summed E-state index contributed by atoms with van der Waals surface area (Å²) in [4.78, 5) is 0. The molecule has 2 rings (SSSR count). The largest absolute Gasteiger partial charge is 0.266 e. The molecule has 0 heterocycles. The van der Waals surface area contributed by atoms with Gasteiger partial charge in [0.05, 0.1) is 0 Å². The predicted octanol–water partition coefficient (Wildman–Crippen LogP) is 5.77. The molecule has 3 heteroatoms. The van der Waals surface area contributed by atoms with E-state index in [1.54, 1.807) is 12.1 Å². The summed E-state index contributed by atoms with van der Waals surface area (Å²) in [6.07, 6.45) is 0.947. The van der Waals surface area contributed by atoms with Gasteiger partial charge in [-0.25, -0.2) is 4.39 Å². The minimum absolute atomic E-state index is 0.0934. The predicted molar refractivity (Wildman–Crippen MR) is 79.8 cm³/mol. The minimum atomic E-state index is -1.79.